The van der Waals surface area contributed by atoms with E-state index in [1.807, 2.05) is 50.2 Å². The van der Waals surface area contributed by atoms with Crippen LogP contribution in [0.2, 0.25) is 0 Å². The average molecular weight is 1320 g/mol. The Labute approximate surface area is 524 Å². The summed E-state index contributed by atoms with van der Waals surface area (Å²) < 4.78 is 191. The minimum atomic E-state index is -1.77. The van der Waals surface area contributed by atoms with Gasteiger partial charge in [-0.05, 0) is 92.5 Å². The molecular weight excluding hydrogens is 1240 g/mol. The number of phenols is 5. The van der Waals surface area contributed by atoms with Crippen molar-refractivity contribution in [3.8, 4) is 47.0 Å². The van der Waals surface area contributed by atoms with Crippen molar-refractivity contribution >= 4 is 0 Å². The number of rotatable bonds is 0. The summed E-state index contributed by atoms with van der Waals surface area (Å²) in [5.74, 6) is -20.1. The molecule has 0 aliphatic rings. The quantitative estimate of drug-likeness (QED) is 0.0564. The smallest absolute Gasteiger partial charge is 0.203 e. The lowest BCUT2D eigenvalue weighted by Gasteiger charge is -2.06. The zero-order chi connectivity index (χ0) is 69.9. The molecule has 10 nitrogen and oxygen atoms in total. The lowest BCUT2D eigenvalue weighted by molar-refractivity contribution is 0.108. The molecule has 7 aromatic rings. The zero-order valence-corrected chi connectivity index (χ0v) is 49.9. The lowest BCUT2D eigenvalue weighted by atomic mass is 10.0. The Bertz CT molecular complexity index is 2930. The number of nitrogens with zero attached hydrogens (tertiary/aromatic N) is 3. The van der Waals surface area contributed by atoms with Gasteiger partial charge >= 0.3 is 0 Å². The molecule has 7 aromatic carbocycles. The summed E-state index contributed by atoms with van der Waals surface area (Å²) in [7, 11) is 2.50. The minimum absolute atomic E-state index is 0. The standard InChI is InChI=1S/C9H7F2NO.C8H7F3O.C8H5F2NO.C8H8F2O.C7H4F4O.2C7H8.C2H3N.C2H6.CH3F.2CH4O.4CH4.F2/c1-4-6(3-12)7(10)5(2)8(11)9(4)13;1-3-5(9)6(10)4(2)8(12)7(3)11;1-4-2-6(9)5(3-11)7(10)8(4)12;1-4-3-6(9)5(2)7(10)8(4)11;1-2-3(8)5(10)7(12)6(11)4(2)9;2*1-7-5-3-2-4-6-7;1-2-3;4*1-2;;;;;1-2/h13H,1-2H3;12H,1-2H3;2,12H,1H3;3,11H,1-2H3;12H,1H3;2*2-6H,1H3;1H3;1-2H3;1H3;2*2H,1H3;4*1H4;. The number of aromatic hydroxyl groups is 5. The van der Waals surface area contributed by atoms with Crippen LogP contribution in [0, 0.1) is 179 Å². The molecule has 0 aliphatic carbocycles. The number of phenolic OH excluding ortho intramolecular Hbond substituents is 5. The molecular formula is C65H83F16N3O7. The molecule has 512 valence electrons. The highest BCUT2D eigenvalue weighted by atomic mass is 20.0. The first-order valence-corrected chi connectivity index (χ1v) is 24.1. The van der Waals surface area contributed by atoms with Crippen molar-refractivity contribution in [2.24, 2.45) is 0 Å². The molecule has 0 saturated carbocycles. The van der Waals surface area contributed by atoms with Crippen LogP contribution in [0.5, 0.6) is 28.7 Å². The third-order valence-electron chi connectivity index (χ3n) is 10.1. The second-order valence-corrected chi connectivity index (χ2v) is 15.8. The summed E-state index contributed by atoms with van der Waals surface area (Å²) in [5.41, 5.74) is -0.376. The van der Waals surface area contributed by atoms with Gasteiger partial charge in [0.15, 0.2) is 75.3 Å². The summed E-state index contributed by atoms with van der Waals surface area (Å²) in [6.45, 7) is 19.2. The number of aryl methyl sites for hydroxylation is 4. The van der Waals surface area contributed by atoms with Crippen molar-refractivity contribution in [3.05, 3.63) is 215 Å². The number of nitriles is 3. The summed E-state index contributed by atoms with van der Waals surface area (Å²) >= 11 is 0. The third-order valence-corrected chi connectivity index (χ3v) is 10.1. The molecule has 91 heavy (non-hydrogen) atoms. The maximum Gasteiger partial charge on any atom is 0.203 e. The lowest BCUT2D eigenvalue weighted by Crippen LogP contribution is -1.98. The van der Waals surface area contributed by atoms with E-state index >= 15 is 0 Å². The number of benzene rings is 7. The Morgan fingerprint density at radius 1 is 0.319 bits per heavy atom. The monoisotopic (exact) mass is 1320 g/mol. The van der Waals surface area contributed by atoms with E-state index in [9.17, 15) is 61.5 Å². The van der Waals surface area contributed by atoms with E-state index in [0.717, 1.165) is 47.1 Å². The predicted molar refractivity (Wildman–Crippen MR) is 325 cm³/mol. The fourth-order valence-electron chi connectivity index (χ4n) is 5.36. The first-order chi connectivity index (χ1) is 40.7. The second-order valence-electron chi connectivity index (χ2n) is 15.8. The SMILES string of the molecule is C.C.C.C.CC.CC#N.CF.CO.CO.Cc1c(F)c(F)c(O)c(F)c1F.Cc1c(F)c(O)c(C)c(C#N)c1F.Cc1c(O)c(F)c(C)c(F)c1F.Cc1cc(F)c(C#N)c(F)c1O.Cc1cc(F)c(C)c(F)c1O.Cc1ccccc1.Cc1ccccc1.FF. The molecule has 0 amide bonds. The van der Waals surface area contributed by atoms with Gasteiger partial charge in [-0.3, -0.25) is 4.39 Å². The van der Waals surface area contributed by atoms with Gasteiger partial charge in [0, 0.05) is 63.7 Å². The van der Waals surface area contributed by atoms with Crippen LogP contribution in [0.15, 0.2) is 72.8 Å². The fourth-order valence-corrected chi connectivity index (χ4v) is 5.36. The van der Waals surface area contributed by atoms with Crippen LogP contribution >= 0.6 is 0 Å². The summed E-state index contributed by atoms with van der Waals surface area (Å²) in [4.78, 5) is 0. The first-order valence-electron chi connectivity index (χ1n) is 24.1. The van der Waals surface area contributed by atoms with Gasteiger partial charge in [-0.25, -0.2) is 48.3 Å². The van der Waals surface area contributed by atoms with Crippen molar-refractivity contribution in [2.45, 2.75) is 120 Å². The highest BCUT2D eigenvalue weighted by Gasteiger charge is 2.23. The Morgan fingerprint density at radius 2 is 0.571 bits per heavy atom. The minimum Gasteiger partial charge on any atom is -0.505 e. The van der Waals surface area contributed by atoms with Crippen molar-refractivity contribution in [2.75, 3.05) is 21.4 Å². The Balaban J connectivity index is -0.000000102. The van der Waals surface area contributed by atoms with Crippen LogP contribution in [0.4, 0.5) is 70.6 Å². The molecule has 0 bridgehead atoms. The van der Waals surface area contributed by atoms with Gasteiger partial charge in [0.1, 0.15) is 35.2 Å². The molecule has 0 heterocycles. The third kappa shape index (κ3) is 33.3. The molecule has 7 N–H and O–H groups in total. The summed E-state index contributed by atoms with van der Waals surface area (Å²) in [5, 5.41) is 82.5. The van der Waals surface area contributed by atoms with Crippen molar-refractivity contribution in [1.29, 1.82) is 15.8 Å². The van der Waals surface area contributed by atoms with E-state index < -0.39 is 127 Å². The van der Waals surface area contributed by atoms with E-state index in [2.05, 4.69) is 38.1 Å². The van der Waals surface area contributed by atoms with Gasteiger partial charge < -0.3 is 35.7 Å². The van der Waals surface area contributed by atoms with Crippen LogP contribution in [0.25, 0.3) is 0 Å². The Hall–Kier alpha value is -9.19. The van der Waals surface area contributed by atoms with Crippen LogP contribution in [0.3, 0.4) is 0 Å². The molecule has 0 spiro atoms. The molecule has 0 atom stereocenters. The molecule has 0 aliphatic heterocycles. The Morgan fingerprint density at radius 3 is 0.879 bits per heavy atom. The van der Waals surface area contributed by atoms with Crippen LogP contribution in [-0.4, -0.2) is 57.1 Å². The van der Waals surface area contributed by atoms with Crippen molar-refractivity contribution < 1.29 is 106 Å². The van der Waals surface area contributed by atoms with Gasteiger partial charge in [0.25, 0.3) is 0 Å². The second kappa shape index (κ2) is 56.1. The van der Waals surface area contributed by atoms with E-state index in [0.29, 0.717) is 7.18 Å². The number of alkyl halides is 1. The number of hydrogen-bond donors (Lipinski definition) is 7. The van der Waals surface area contributed by atoms with Crippen LogP contribution in [0.1, 0.15) is 117 Å². The van der Waals surface area contributed by atoms with E-state index in [4.69, 9.17) is 60.7 Å². The van der Waals surface area contributed by atoms with E-state index in [1.54, 1.807) is 12.1 Å². The molecule has 26 heteroatoms. The summed E-state index contributed by atoms with van der Waals surface area (Å²) in [6, 6.07) is 27.2. The van der Waals surface area contributed by atoms with Gasteiger partial charge in [0.2, 0.25) is 11.6 Å². The maximum atomic E-state index is 13.1. The number of hydrogen-bond acceptors (Lipinski definition) is 10. The summed E-state index contributed by atoms with van der Waals surface area (Å²) in [6.07, 6.45) is 0. The Kier molecular flexibility index (Phi) is 63.8. The molecule has 0 unspecified atom stereocenters. The largest absolute Gasteiger partial charge is 0.505 e. The van der Waals surface area contributed by atoms with Crippen molar-refractivity contribution in [3.63, 3.8) is 0 Å². The fraction of sp³-hybridized carbons (Fsp3) is 0.308. The van der Waals surface area contributed by atoms with Gasteiger partial charge in [0.05, 0.1) is 18.8 Å². The molecule has 0 fully saturated rings. The van der Waals surface area contributed by atoms with E-state index in [-0.39, 0.29) is 63.1 Å². The highest BCUT2D eigenvalue weighted by Crippen LogP contribution is 2.32. The van der Waals surface area contributed by atoms with Gasteiger partial charge in [-0.2, -0.15) is 24.6 Å². The molecule has 7 rings (SSSR count). The molecule has 0 radical (unpaired) electrons. The van der Waals surface area contributed by atoms with Crippen LogP contribution in [-0.2, 0) is 0 Å². The van der Waals surface area contributed by atoms with E-state index in [1.165, 1.54) is 58.7 Å². The first kappa shape index (κ1) is 104. The molecule has 0 aromatic heterocycles. The average Bonchev–Trinajstić information content (AvgIpc) is 2.32. The van der Waals surface area contributed by atoms with Crippen LogP contribution < -0.4 is 0 Å². The number of aliphatic hydroxyl groups is 2. The maximum absolute atomic E-state index is 13.1. The predicted octanol–water partition coefficient (Wildman–Crippen LogP) is 19.7. The normalized spacial score (nSPS) is 8.38. The number of aliphatic hydroxyl groups excluding tert-OH is 2. The topological polar surface area (TPSA) is 213 Å². The van der Waals surface area contributed by atoms with Gasteiger partial charge in [-0.1, -0.05) is 115 Å². The highest BCUT2D eigenvalue weighted by molar-refractivity contribution is 5.50. The number of halogens is 16. The molecule has 0 saturated heterocycles. The van der Waals surface area contributed by atoms with Gasteiger partial charge in [-0.15, -0.1) is 0 Å². The zero-order valence-electron chi connectivity index (χ0n) is 49.9. The van der Waals surface area contributed by atoms with Crippen molar-refractivity contribution in [1.82, 2.24) is 0 Å².